The van der Waals surface area contributed by atoms with Crippen molar-refractivity contribution in [1.82, 2.24) is 15.5 Å². The van der Waals surface area contributed by atoms with Crippen molar-refractivity contribution >= 4 is 23.8 Å². The Bertz CT molecular complexity index is 1790. The summed E-state index contributed by atoms with van der Waals surface area (Å²) in [5.74, 6) is 0.0369. The van der Waals surface area contributed by atoms with E-state index >= 15 is 0 Å². The molecule has 0 unspecified atom stereocenters. The van der Waals surface area contributed by atoms with Gasteiger partial charge in [0.15, 0.2) is 0 Å². The first-order chi connectivity index (χ1) is 24.6. The molecule has 270 valence electrons. The van der Waals surface area contributed by atoms with Crippen LogP contribution in [0.2, 0.25) is 0 Å². The standard InChI is InChI=1S/C41H50N4O6/c1-4-40(15-5-6-16-40)20-29-27-9-8-26-25-13-17-41(36(26)35(27)38(48)50-29)30(10-7-23(2)21-43-3)51-39(49)37(41)34(25)28(24-14-18-44-31(42)19-24)22-45-32(46)11-12-33(45)47/h10-12,14,19-20,23,25-26,28,36,43-44H,4-9,13,15-18,21-22,42H2,1-3H3/b29-20-,30-10-/t23-,25-,26-,28+,36+,41-/m0/s1. The van der Waals surface area contributed by atoms with Crippen LogP contribution in [0.5, 0.6) is 0 Å². The van der Waals surface area contributed by atoms with E-state index in [1.807, 2.05) is 19.2 Å². The van der Waals surface area contributed by atoms with E-state index in [0.717, 1.165) is 73.1 Å². The predicted octanol–water partition coefficient (Wildman–Crippen LogP) is 4.98. The maximum atomic E-state index is 14.5. The van der Waals surface area contributed by atoms with E-state index in [0.29, 0.717) is 42.5 Å². The number of rotatable bonds is 10. The third-order valence-electron chi connectivity index (χ3n) is 13.4. The zero-order valence-corrected chi connectivity index (χ0v) is 30.0. The fourth-order valence-corrected chi connectivity index (χ4v) is 11.1. The van der Waals surface area contributed by atoms with Crippen molar-refractivity contribution < 1.29 is 28.7 Å². The minimum atomic E-state index is -0.852. The third-order valence-corrected chi connectivity index (χ3v) is 13.4. The molecule has 9 aliphatic rings. The Hall–Kier alpha value is -4.18. The maximum absolute atomic E-state index is 14.5. The van der Waals surface area contributed by atoms with Crippen LogP contribution in [-0.2, 0) is 28.7 Å². The number of allylic oxidation sites excluding steroid dienone is 5. The van der Waals surface area contributed by atoms with Gasteiger partial charge in [-0.3, -0.25) is 14.5 Å². The van der Waals surface area contributed by atoms with E-state index in [1.165, 1.54) is 29.9 Å². The molecule has 1 saturated heterocycles. The molecule has 3 fully saturated rings. The van der Waals surface area contributed by atoms with Gasteiger partial charge in [-0.15, -0.1) is 0 Å². The smallest absolute Gasteiger partial charge is 0.340 e. The van der Waals surface area contributed by atoms with Crippen molar-refractivity contribution in [3.8, 4) is 0 Å². The lowest BCUT2D eigenvalue weighted by Gasteiger charge is -2.57. The van der Waals surface area contributed by atoms with E-state index in [1.54, 1.807) is 0 Å². The van der Waals surface area contributed by atoms with Crippen molar-refractivity contribution in [1.29, 1.82) is 0 Å². The zero-order valence-electron chi connectivity index (χ0n) is 30.0. The number of ether oxygens (including phenoxy) is 2. The van der Waals surface area contributed by atoms with Crippen molar-refractivity contribution in [2.45, 2.75) is 78.1 Å². The van der Waals surface area contributed by atoms with Gasteiger partial charge in [0.05, 0.1) is 16.8 Å². The molecule has 9 rings (SSSR count). The summed E-state index contributed by atoms with van der Waals surface area (Å²) < 4.78 is 12.6. The molecular formula is C41H50N4O6. The highest BCUT2D eigenvalue weighted by Crippen LogP contribution is 2.71. The fraction of sp³-hybridized carbons (Fsp3) is 0.561. The van der Waals surface area contributed by atoms with E-state index in [9.17, 15) is 19.2 Å². The summed E-state index contributed by atoms with van der Waals surface area (Å²) in [7, 11) is 1.93. The third kappa shape index (κ3) is 5.30. The van der Waals surface area contributed by atoms with Gasteiger partial charge in [-0.2, -0.15) is 0 Å². The van der Waals surface area contributed by atoms with E-state index < -0.39 is 11.3 Å². The molecule has 1 spiro atoms. The summed E-state index contributed by atoms with van der Waals surface area (Å²) in [6.07, 6.45) is 20.2. The summed E-state index contributed by atoms with van der Waals surface area (Å²) in [4.78, 5) is 56.0. The lowest BCUT2D eigenvalue weighted by Crippen LogP contribution is -2.54. The predicted molar refractivity (Wildman–Crippen MR) is 190 cm³/mol. The maximum Gasteiger partial charge on any atom is 0.340 e. The van der Waals surface area contributed by atoms with Gasteiger partial charge < -0.3 is 25.8 Å². The Labute approximate surface area is 300 Å². The molecule has 4 heterocycles. The molecule has 0 aromatic carbocycles. The summed E-state index contributed by atoms with van der Waals surface area (Å²) in [6.45, 7) is 5.79. The normalized spacial score (nSPS) is 33.3. The number of carbonyl (C=O) groups excluding carboxylic acids is 4. The van der Waals surface area contributed by atoms with Gasteiger partial charge >= 0.3 is 11.9 Å². The molecule has 0 aromatic heterocycles. The number of carbonyl (C=O) groups is 4. The molecule has 0 radical (unpaired) electrons. The molecule has 10 nitrogen and oxygen atoms in total. The van der Waals surface area contributed by atoms with Crippen LogP contribution in [0.25, 0.3) is 0 Å². The minimum absolute atomic E-state index is 0.0441. The molecule has 6 atom stereocenters. The molecule has 2 bridgehead atoms. The summed E-state index contributed by atoms with van der Waals surface area (Å²) in [6, 6.07) is 0. The number of nitrogens with zero attached hydrogens (tertiary/aromatic N) is 1. The molecule has 0 aromatic rings. The second-order valence-corrected chi connectivity index (χ2v) is 16.1. The van der Waals surface area contributed by atoms with Crippen LogP contribution in [-0.4, -0.2) is 55.3 Å². The highest BCUT2D eigenvalue weighted by Gasteiger charge is 2.69. The molecular weight excluding hydrogens is 644 g/mol. The molecule has 5 aliphatic carbocycles. The Morgan fingerprint density at radius 1 is 1.08 bits per heavy atom. The van der Waals surface area contributed by atoms with Crippen molar-refractivity contribution in [2.24, 2.45) is 46.2 Å². The first kappa shape index (κ1) is 33.9. The first-order valence-electron chi connectivity index (χ1n) is 19.1. The van der Waals surface area contributed by atoms with Gasteiger partial charge in [0.25, 0.3) is 11.8 Å². The average molecular weight is 695 g/mol. The van der Waals surface area contributed by atoms with Crippen LogP contribution in [0.1, 0.15) is 78.1 Å². The molecule has 4 aliphatic heterocycles. The van der Waals surface area contributed by atoms with Crippen LogP contribution in [0.3, 0.4) is 0 Å². The summed E-state index contributed by atoms with van der Waals surface area (Å²) >= 11 is 0. The van der Waals surface area contributed by atoms with Crippen LogP contribution in [0, 0.1) is 40.4 Å². The molecule has 10 heteroatoms. The van der Waals surface area contributed by atoms with Crippen LogP contribution < -0.4 is 16.4 Å². The number of imide groups is 1. The average Bonchev–Trinajstić information content (AvgIpc) is 3.88. The van der Waals surface area contributed by atoms with Crippen molar-refractivity contribution in [3.05, 3.63) is 81.7 Å². The Morgan fingerprint density at radius 3 is 2.55 bits per heavy atom. The second kappa shape index (κ2) is 12.8. The molecule has 4 N–H and O–H groups in total. The van der Waals surface area contributed by atoms with Gasteiger partial charge in [-0.1, -0.05) is 32.8 Å². The highest BCUT2D eigenvalue weighted by atomic mass is 16.5. The number of nitrogens with two attached hydrogens (primary N) is 1. The van der Waals surface area contributed by atoms with Crippen molar-refractivity contribution in [3.63, 3.8) is 0 Å². The SMILES string of the molecule is CCC1(/C=C2\OC(=O)C3=C2CC[C@H]2[C@@H]4CC[C@@]5(C(=C4[C@H](CN4C(=O)C=CC4=O)C4=CCNC(N)=C4)C(=O)O/C5=C\C[C@H](C)CNC)[C@@H]32)CCCC1. The summed E-state index contributed by atoms with van der Waals surface area (Å²) in [5.41, 5.74) is 9.66. The number of hydrogen-bond acceptors (Lipinski definition) is 9. The van der Waals surface area contributed by atoms with Gasteiger partial charge in [-0.25, -0.2) is 9.59 Å². The number of cyclic esters (lactones) is 2. The fourth-order valence-electron chi connectivity index (χ4n) is 11.1. The minimum Gasteiger partial charge on any atom is -0.427 e. The highest BCUT2D eigenvalue weighted by molar-refractivity contribution is 6.13. The lowest BCUT2D eigenvalue weighted by molar-refractivity contribution is -0.138. The number of dihydropyridines is 1. The first-order valence-corrected chi connectivity index (χ1v) is 19.1. The molecule has 2 saturated carbocycles. The quantitative estimate of drug-likeness (QED) is 0.213. The summed E-state index contributed by atoms with van der Waals surface area (Å²) in [5, 5.41) is 6.40. The largest absolute Gasteiger partial charge is 0.427 e. The molecule has 51 heavy (non-hydrogen) atoms. The van der Waals surface area contributed by atoms with Crippen LogP contribution in [0.15, 0.2) is 81.7 Å². The van der Waals surface area contributed by atoms with Crippen LogP contribution >= 0.6 is 0 Å². The molecule has 2 amide bonds. The number of fused-ring (bicyclic) bond motifs is 1. The zero-order chi connectivity index (χ0) is 35.7. The van der Waals surface area contributed by atoms with Gasteiger partial charge in [0, 0.05) is 48.2 Å². The lowest BCUT2D eigenvalue weighted by atomic mass is 9.43. The second-order valence-electron chi connectivity index (χ2n) is 16.1. The van der Waals surface area contributed by atoms with Crippen molar-refractivity contribution in [2.75, 3.05) is 26.7 Å². The van der Waals surface area contributed by atoms with Gasteiger partial charge in [0.2, 0.25) is 0 Å². The van der Waals surface area contributed by atoms with E-state index in [-0.39, 0.29) is 53.5 Å². The van der Waals surface area contributed by atoms with Gasteiger partial charge in [-0.05, 0) is 118 Å². The Balaban J connectivity index is 1.32. The van der Waals surface area contributed by atoms with E-state index in [4.69, 9.17) is 15.2 Å². The monoisotopic (exact) mass is 694 g/mol. The Kier molecular flexibility index (Phi) is 8.51. The number of amides is 2. The number of hydrogen-bond donors (Lipinski definition) is 3. The van der Waals surface area contributed by atoms with Crippen LogP contribution in [0.4, 0.5) is 0 Å². The van der Waals surface area contributed by atoms with Gasteiger partial charge in [0.1, 0.15) is 11.5 Å². The number of esters is 2. The number of nitrogens with one attached hydrogen (secondary N) is 2. The Morgan fingerprint density at radius 2 is 1.84 bits per heavy atom. The van der Waals surface area contributed by atoms with E-state index in [2.05, 4.69) is 36.6 Å². The topological polar surface area (TPSA) is 140 Å².